The zero-order valence-corrected chi connectivity index (χ0v) is 13.0. The number of hydrogen-bond acceptors (Lipinski definition) is 2. The predicted molar refractivity (Wildman–Crippen MR) is 85.5 cm³/mol. The average Bonchev–Trinajstić information content (AvgIpc) is 2.47. The van der Waals surface area contributed by atoms with Crippen LogP contribution in [-0.2, 0) is 6.54 Å². The number of nitrogens with one attached hydrogen (secondary N) is 1. The third kappa shape index (κ3) is 4.64. The van der Waals surface area contributed by atoms with Crippen LogP contribution in [0.4, 0.5) is 10.1 Å². The van der Waals surface area contributed by atoms with Crippen LogP contribution >= 0.6 is 11.6 Å². The summed E-state index contributed by atoms with van der Waals surface area (Å²) in [6, 6.07) is 12.5. The van der Waals surface area contributed by atoms with Crippen LogP contribution in [0.2, 0.25) is 5.02 Å². The van der Waals surface area contributed by atoms with Crippen molar-refractivity contribution in [3.8, 4) is 5.75 Å². The van der Waals surface area contributed by atoms with Gasteiger partial charge in [-0.3, -0.25) is 0 Å². The van der Waals surface area contributed by atoms with Gasteiger partial charge in [-0.2, -0.15) is 0 Å². The highest BCUT2D eigenvalue weighted by Gasteiger charge is 2.05. The highest BCUT2D eigenvalue weighted by atomic mass is 35.5. The molecule has 21 heavy (non-hydrogen) atoms. The van der Waals surface area contributed by atoms with E-state index in [-0.39, 0.29) is 5.02 Å². The Morgan fingerprint density at radius 3 is 2.67 bits per heavy atom. The molecule has 2 aromatic carbocycles. The van der Waals surface area contributed by atoms with Gasteiger partial charge in [-0.15, -0.1) is 0 Å². The quantitative estimate of drug-likeness (QED) is 0.799. The molecule has 112 valence electrons. The van der Waals surface area contributed by atoms with Crippen molar-refractivity contribution >= 4 is 17.3 Å². The molecule has 2 aromatic rings. The number of ether oxygens (including phenoxy) is 1. The maximum Gasteiger partial charge on any atom is 0.141 e. The summed E-state index contributed by atoms with van der Waals surface area (Å²) in [5.74, 6) is 0.928. The lowest BCUT2D eigenvalue weighted by Gasteiger charge is -2.14. The largest absolute Gasteiger partial charge is 0.493 e. The zero-order valence-electron chi connectivity index (χ0n) is 12.2. The molecule has 0 fully saturated rings. The second-order valence-corrected chi connectivity index (χ2v) is 5.70. The summed E-state index contributed by atoms with van der Waals surface area (Å²) in [5, 5.41) is 3.34. The lowest BCUT2D eigenvalue weighted by atomic mass is 10.2. The molecule has 4 heteroatoms. The Morgan fingerprint density at radius 2 is 1.95 bits per heavy atom. The van der Waals surface area contributed by atoms with Gasteiger partial charge in [0.25, 0.3) is 0 Å². The van der Waals surface area contributed by atoms with Crippen LogP contribution in [0.3, 0.4) is 0 Å². The molecule has 1 N–H and O–H groups in total. The molecule has 0 heterocycles. The first kappa shape index (κ1) is 15.6. The Balaban J connectivity index is 2.03. The van der Waals surface area contributed by atoms with Crippen LogP contribution in [0.25, 0.3) is 0 Å². The molecule has 0 aromatic heterocycles. The Bertz CT molecular complexity index is 601. The summed E-state index contributed by atoms with van der Waals surface area (Å²) < 4.78 is 18.9. The van der Waals surface area contributed by atoms with Crippen molar-refractivity contribution in [2.45, 2.75) is 20.4 Å². The molecule has 0 aliphatic carbocycles. The molecular formula is C17H19ClFNO. The fourth-order valence-electron chi connectivity index (χ4n) is 1.85. The fourth-order valence-corrected chi connectivity index (χ4v) is 2.03. The molecule has 2 nitrogen and oxygen atoms in total. The Labute approximate surface area is 129 Å². The lowest BCUT2D eigenvalue weighted by molar-refractivity contribution is 0.269. The normalized spacial score (nSPS) is 10.7. The van der Waals surface area contributed by atoms with Crippen molar-refractivity contribution in [3.63, 3.8) is 0 Å². The van der Waals surface area contributed by atoms with Gasteiger partial charge in [-0.05, 0) is 30.2 Å². The van der Waals surface area contributed by atoms with Gasteiger partial charge < -0.3 is 10.1 Å². The summed E-state index contributed by atoms with van der Waals surface area (Å²) in [6.45, 7) is 5.50. The standard InChI is InChI=1S/C17H19ClFNO/c1-12(2)11-21-17-6-4-3-5-13(17)10-20-14-7-8-16(19)15(18)9-14/h3-9,12,20H,10-11H2,1-2H3. The Kier molecular flexibility index (Phi) is 5.45. The molecule has 0 saturated carbocycles. The van der Waals surface area contributed by atoms with E-state index in [1.54, 1.807) is 12.1 Å². The molecule has 0 spiro atoms. The number of rotatable bonds is 6. The average molecular weight is 308 g/mol. The van der Waals surface area contributed by atoms with Gasteiger partial charge in [0.05, 0.1) is 11.6 Å². The van der Waals surface area contributed by atoms with Gasteiger partial charge in [-0.25, -0.2) is 4.39 Å². The van der Waals surface area contributed by atoms with E-state index in [2.05, 4.69) is 19.2 Å². The van der Waals surface area contributed by atoms with E-state index in [9.17, 15) is 4.39 Å². The number of benzene rings is 2. The van der Waals surface area contributed by atoms with Crippen molar-refractivity contribution in [2.75, 3.05) is 11.9 Å². The van der Waals surface area contributed by atoms with Crippen LogP contribution in [0, 0.1) is 11.7 Å². The molecule has 0 bridgehead atoms. The first-order chi connectivity index (χ1) is 10.1. The Morgan fingerprint density at radius 1 is 1.19 bits per heavy atom. The van der Waals surface area contributed by atoms with Crippen LogP contribution in [0.1, 0.15) is 19.4 Å². The molecule has 0 unspecified atom stereocenters. The van der Waals surface area contributed by atoms with Crippen LogP contribution in [-0.4, -0.2) is 6.61 Å². The molecular weight excluding hydrogens is 289 g/mol. The minimum Gasteiger partial charge on any atom is -0.493 e. The second kappa shape index (κ2) is 7.32. The number of para-hydroxylation sites is 1. The van der Waals surface area contributed by atoms with E-state index in [1.807, 2.05) is 24.3 Å². The number of hydrogen-bond donors (Lipinski definition) is 1. The topological polar surface area (TPSA) is 21.3 Å². The van der Waals surface area contributed by atoms with Gasteiger partial charge in [0.15, 0.2) is 0 Å². The maximum atomic E-state index is 13.1. The molecule has 0 saturated heterocycles. The van der Waals surface area contributed by atoms with E-state index in [4.69, 9.17) is 16.3 Å². The van der Waals surface area contributed by atoms with Crippen LogP contribution in [0.15, 0.2) is 42.5 Å². The number of halogens is 2. The van der Waals surface area contributed by atoms with Crippen molar-refractivity contribution in [1.29, 1.82) is 0 Å². The molecule has 0 radical (unpaired) electrons. The summed E-state index contributed by atoms with van der Waals surface area (Å²) in [6.07, 6.45) is 0. The predicted octanol–water partition coefficient (Wildman–Crippen LogP) is 5.13. The Hall–Kier alpha value is -1.74. The zero-order chi connectivity index (χ0) is 15.2. The first-order valence-corrected chi connectivity index (χ1v) is 7.33. The van der Waals surface area contributed by atoms with E-state index >= 15 is 0 Å². The lowest BCUT2D eigenvalue weighted by Crippen LogP contribution is -2.08. The smallest absolute Gasteiger partial charge is 0.141 e. The summed E-state index contributed by atoms with van der Waals surface area (Å²) in [7, 11) is 0. The minimum absolute atomic E-state index is 0.115. The molecule has 0 aliphatic rings. The van der Waals surface area contributed by atoms with Crippen molar-refractivity contribution in [3.05, 3.63) is 58.9 Å². The van der Waals surface area contributed by atoms with E-state index in [0.29, 0.717) is 19.1 Å². The summed E-state index contributed by atoms with van der Waals surface area (Å²) in [5.41, 5.74) is 1.83. The first-order valence-electron chi connectivity index (χ1n) is 6.96. The van der Waals surface area contributed by atoms with Gasteiger partial charge >= 0.3 is 0 Å². The maximum absolute atomic E-state index is 13.1. The third-order valence-corrected chi connectivity index (χ3v) is 3.24. The third-order valence-electron chi connectivity index (χ3n) is 2.95. The monoisotopic (exact) mass is 307 g/mol. The fraction of sp³-hybridized carbons (Fsp3) is 0.294. The van der Waals surface area contributed by atoms with Crippen LogP contribution in [0.5, 0.6) is 5.75 Å². The molecule has 0 atom stereocenters. The molecule has 2 rings (SSSR count). The van der Waals surface area contributed by atoms with Gasteiger partial charge in [-0.1, -0.05) is 43.6 Å². The second-order valence-electron chi connectivity index (χ2n) is 5.30. The van der Waals surface area contributed by atoms with Crippen molar-refractivity contribution in [1.82, 2.24) is 0 Å². The minimum atomic E-state index is -0.414. The van der Waals surface area contributed by atoms with E-state index < -0.39 is 5.82 Å². The highest BCUT2D eigenvalue weighted by Crippen LogP contribution is 2.23. The van der Waals surface area contributed by atoms with Gasteiger partial charge in [0, 0.05) is 17.8 Å². The van der Waals surface area contributed by atoms with E-state index in [1.165, 1.54) is 6.07 Å². The SMILES string of the molecule is CC(C)COc1ccccc1CNc1ccc(F)c(Cl)c1. The molecule has 0 amide bonds. The van der Waals surface area contributed by atoms with E-state index in [0.717, 1.165) is 17.0 Å². The molecule has 0 aliphatic heterocycles. The van der Waals surface area contributed by atoms with Crippen molar-refractivity contribution < 1.29 is 9.13 Å². The van der Waals surface area contributed by atoms with Crippen LogP contribution < -0.4 is 10.1 Å². The summed E-state index contributed by atoms with van der Waals surface area (Å²) in [4.78, 5) is 0. The van der Waals surface area contributed by atoms with Gasteiger partial charge in [0.1, 0.15) is 11.6 Å². The highest BCUT2D eigenvalue weighted by molar-refractivity contribution is 6.31. The summed E-state index contributed by atoms with van der Waals surface area (Å²) >= 11 is 5.77. The number of anilines is 1. The van der Waals surface area contributed by atoms with Crippen molar-refractivity contribution in [2.24, 2.45) is 5.92 Å². The van der Waals surface area contributed by atoms with Gasteiger partial charge in [0.2, 0.25) is 0 Å².